The lowest BCUT2D eigenvalue weighted by atomic mass is 9.97. The van der Waals surface area contributed by atoms with Crippen LogP contribution in [0.15, 0.2) is 24.4 Å². The molecule has 0 amide bonds. The van der Waals surface area contributed by atoms with Crippen LogP contribution < -0.4 is 5.32 Å². The minimum atomic E-state index is -0.752. The van der Waals surface area contributed by atoms with Crippen LogP contribution in [-0.4, -0.2) is 45.6 Å². The highest BCUT2D eigenvalue weighted by atomic mass is 16.4. The largest absolute Gasteiger partial charge is 0.481 e. The van der Waals surface area contributed by atoms with Crippen molar-refractivity contribution in [2.75, 3.05) is 13.1 Å². The molecule has 1 atom stereocenters. The topological polar surface area (TPSA) is 65.5 Å². The normalized spacial score (nSPS) is 23.2. The van der Waals surface area contributed by atoms with Gasteiger partial charge >= 0.3 is 5.97 Å². The van der Waals surface area contributed by atoms with E-state index in [9.17, 15) is 4.79 Å². The number of nitrogens with one attached hydrogen (secondary N) is 1. The van der Waals surface area contributed by atoms with E-state index in [4.69, 9.17) is 5.11 Å². The van der Waals surface area contributed by atoms with Crippen LogP contribution in [0.1, 0.15) is 26.0 Å². The van der Waals surface area contributed by atoms with E-state index in [2.05, 4.69) is 29.0 Å². The van der Waals surface area contributed by atoms with E-state index in [-0.39, 0.29) is 18.0 Å². The van der Waals surface area contributed by atoms with Gasteiger partial charge in [0.05, 0.1) is 12.1 Å². The number of hydrogen-bond acceptors (Lipinski definition) is 4. The van der Waals surface area contributed by atoms with Crippen molar-refractivity contribution in [2.24, 2.45) is 0 Å². The summed E-state index contributed by atoms with van der Waals surface area (Å²) in [6, 6.07) is 5.85. The number of carboxylic acids is 1. The first kappa shape index (κ1) is 14.0. The van der Waals surface area contributed by atoms with Gasteiger partial charge in [-0.2, -0.15) is 0 Å². The van der Waals surface area contributed by atoms with Crippen molar-refractivity contribution in [1.29, 1.82) is 0 Å². The average molecular weight is 263 g/mol. The number of aliphatic carboxylic acids is 1. The predicted molar refractivity (Wildman–Crippen MR) is 72.8 cm³/mol. The van der Waals surface area contributed by atoms with E-state index >= 15 is 0 Å². The van der Waals surface area contributed by atoms with Crippen LogP contribution in [0.4, 0.5) is 0 Å². The molecule has 0 saturated carbocycles. The van der Waals surface area contributed by atoms with Gasteiger partial charge in [0.1, 0.15) is 0 Å². The fourth-order valence-electron chi connectivity index (χ4n) is 2.50. The Labute approximate surface area is 113 Å². The second-order valence-corrected chi connectivity index (χ2v) is 5.74. The second-order valence-electron chi connectivity index (χ2n) is 5.74. The van der Waals surface area contributed by atoms with Crippen molar-refractivity contribution < 1.29 is 9.90 Å². The number of carbonyl (C=O) groups is 1. The van der Waals surface area contributed by atoms with Gasteiger partial charge in [-0.05, 0) is 26.0 Å². The molecule has 0 aliphatic carbocycles. The molecule has 5 heteroatoms. The van der Waals surface area contributed by atoms with Crippen LogP contribution >= 0.6 is 0 Å². The molecule has 2 N–H and O–H groups in total. The number of aromatic nitrogens is 1. The molecule has 2 heterocycles. The zero-order chi connectivity index (χ0) is 13.9. The Hall–Kier alpha value is -1.46. The maximum absolute atomic E-state index is 11.0. The van der Waals surface area contributed by atoms with E-state index in [0.29, 0.717) is 13.1 Å². The number of pyridine rings is 1. The third-order valence-corrected chi connectivity index (χ3v) is 3.43. The monoisotopic (exact) mass is 263 g/mol. The summed E-state index contributed by atoms with van der Waals surface area (Å²) in [5.74, 6) is -0.752. The molecular formula is C14H21N3O2. The maximum atomic E-state index is 11.0. The fraction of sp³-hybridized carbons (Fsp3) is 0.571. The molecule has 1 aliphatic rings. The van der Waals surface area contributed by atoms with Gasteiger partial charge in [0, 0.05) is 37.4 Å². The molecule has 0 spiro atoms. The molecule has 19 heavy (non-hydrogen) atoms. The third kappa shape index (κ3) is 4.01. The summed E-state index contributed by atoms with van der Waals surface area (Å²) in [4.78, 5) is 17.5. The number of nitrogens with zero attached hydrogens (tertiary/aromatic N) is 2. The van der Waals surface area contributed by atoms with Crippen LogP contribution in [0.5, 0.6) is 0 Å². The molecule has 5 nitrogen and oxygen atoms in total. The molecule has 104 valence electrons. The van der Waals surface area contributed by atoms with Crippen molar-refractivity contribution in [3.8, 4) is 0 Å². The van der Waals surface area contributed by atoms with Gasteiger partial charge in [0.25, 0.3) is 0 Å². The van der Waals surface area contributed by atoms with Crippen molar-refractivity contribution in [1.82, 2.24) is 15.2 Å². The van der Waals surface area contributed by atoms with E-state index in [1.807, 2.05) is 18.2 Å². The third-order valence-electron chi connectivity index (χ3n) is 3.43. The molecule has 1 saturated heterocycles. The lowest BCUT2D eigenvalue weighted by molar-refractivity contribution is -0.139. The zero-order valence-electron chi connectivity index (χ0n) is 11.5. The molecule has 2 rings (SSSR count). The van der Waals surface area contributed by atoms with Gasteiger partial charge < -0.3 is 10.4 Å². The lowest BCUT2D eigenvalue weighted by Gasteiger charge is -2.44. The van der Waals surface area contributed by atoms with E-state index in [1.54, 1.807) is 6.20 Å². The Morgan fingerprint density at radius 1 is 1.58 bits per heavy atom. The standard InChI is InChI=1S/C14H21N3O2/c1-14(2)10-17(9-11-5-3-4-6-15-11)12(8-16-14)7-13(18)19/h3-6,12,16H,7-10H2,1-2H3,(H,18,19). The first-order valence-electron chi connectivity index (χ1n) is 6.57. The van der Waals surface area contributed by atoms with Crippen molar-refractivity contribution in [3.05, 3.63) is 30.1 Å². The van der Waals surface area contributed by atoms with Crippen molar-refractivity contribution in [3.63, 3.8) is 0 Å². The molecule has 0 aromatic carbocycles. The SMILES string of the molecule is CC1(C)CN(Cc2ccccn2)C(CC(=O)O)CN1. The van der Waals surface area contributed by atoms with Crippen molar-refractivity contribution in [2.45, 2.75) is 38.4 Å². The Kier molecular flexibility index (Phi) is 4.17. The minimum absolute atomic E-state index is 0.00375. The summed E-state index contributed by atoms with van der Waals surface area (Å²) in [7, 11) is 0. The number of piperazine rings is 1. The summed E-state index contributed by atoms with van der Waals surface area (Å²) in [6.07, 6.45) is 1.94. The molecule has 1 unspecified atom stereocenters. The van der Waals surface area contributed by atoms with E-state index in [0.717, 1.165) is 12.2 Å². The second kappa shape index (κ2) is 5.67. The number of hydrogen-bond donors (Lipinski definition) is 2. The molecule has 1 aromatic heterocycles. The number of rotatable bonds is 4. The highest BCUT2D eigenvalue weighted by Gasteiger charge is 2.33. The molecule has 1 aromatic rings. The first-order chi connectivity index (χ1) is 8.96. The summed E-state index contributed by atoms with van der Waals surface area (Å²) in [5.41, 5.74) is 0.986. The van der Waals surface area contributed by atoms with Gasteiger partial charge in [0.2, 0.25) is 0 Å². The quantitative estimate of drug-likeness (QED) is 0.852. The summed E-state index contributed by atoms with van der Waals surface area (Å²) >= 11 is 0. The van der Waals surface area contributed by atoms with Crippen molar-refractivity contribution >= 4 is 5.97 Å². The predicted octanol–water partition coefficient (Wildman–Crippen LogP) is 1.11. The highest BCUT2D eigenvalue weighted by molar-refractivity contribution is 5.67. The Balaban J connectivity index is 2.09. The molecular weight excluding hydrogens is 242 g/mol. The number of carboxylic acid groups (broad SMARTS) is 1. The van der Waals surface area contributed by atoms with Crippen LogP contribution in [0, 0.1) is 0 Å². The molecule has 0 bridgehead atoms. The minimum Gasteiger partial charge on any atom is -0.481 e. The van der Waals surface area contributed by atoms with E-state index in [1.165, 1.54) is 0 Å². The van der Waals surface area contributed by atoms with E-state index < -0.39 is 5.97 Å². The smallest absolute Gasteiger partial charge is 0.304 e. The summed E-state index contributed by atoms with van der Waals surface area (Å²) in [5, 5.41) is 12.4. The van der Waals surface area contributed by atoms with Crippen LogP contribution in [0.3, 0.4) is 0 Å². The van der Waals surface area contributed by atoms with Crippen LogP contribution in [0.25, 0.3) is 0 Å². The van der Waals surface area contributed by atoms with Crippen LogP contribution in [-0.2, 0) is 11.3 Å². The van der Waals surface area contributed by atoms with Gasteiger partial charge in [-0.3, -0.25) is 14.7 Å². The van der Waals surface area contributed by atoms with Crippen LogP contribution in [0.2, 0.25) is 0 Å². The molecule has 0 radical (unpaired) electrons. The summed E-state index contributed by atoms with van der Waals surface area (Å²) < 4.78 is 0. The van der Waals surface area contributed by atoms with Gasteiger partial charge in [-0.25, -0.2) is 0 Å². The molecule has 1 fully saturated rings. The Morgan fingerprint density at radius 2 is 2.37 bits per heavy atom. The molecule has 1 aliphatic heterocycles. The lowest BCUT2D eigenvalue weighted by Crippen LogP contribution is -2.61. The summed E-state index contributed by atoms with van der Waals surface area (Å²) in [6.45, 7) is 6.49. The van der Waals surface area contributed by atoms with Gasteiger partial charge in [-0.1, -0.05) is 6.07 Å². The van der Waals surface area contributed by atoms with Gasteiger partial charge in [-0.15, -0.1) is 0 Å². The average Bonchev–Trinajstić information content (AvgIpc) is 2.33. The Morgan fingerprint density at radius 3 is 3.00 bits per heavy atom. The maximum Gasteiger partial charge on any atom is 0.304 e. The zero-order valence-corrected chi connectivity index (χ0v) is 11.5. The fourth-order valence-corrected chi connectivity index (χ4v) is 2.50. The van der Waals surface area contributed by atoms with Gasteiger partial charge in [0.15, 0.2) is 0 Å². The first-order valence-corrected chi connectivity index (χ1v) is 6.57. The highest BCUT2D eigenvalue weighted by Crippen LogP contribution is 2.19. The Bertz CT molecular complexity index is 434.